The molecule has 0 aliphatic carbocycles. The molecule has 0 spiro atoms. The summed E-state index contributed by atoms with van der Waals surface area (Å²) < 4.78 is 43.5. The summed E-state index contributed by atoms with van der Waals surface area (Å²) >= 11 is 0. The number of nitrogens with zero attached hydrogens (tertiary/aromatic N) is 2. The molecule has 1 fully saturated rings. The molecule has 33 heavy (non-hydrogen) atoms. The standard InChI is InChI=1S/C24H22F2N2O5/c1-31-23(29)20-21(18-8-7-17(25)13-19(18)26)33-22(27-20)16-9-11-28(12-10-16)24(30)32-14-15-5-3-2-4-6-15/h2-8,13,16H,9-12,14H2,1H3. The van der Waals surface area contributed by atoms with E-state index in [1.165, 1.54) is 13.2 Å². The first kappa shape index (κ1) is 22.4. The molecule has 0 unspecified atom stereocenters. The topological polar surface area (TPSA) is 81.9 Å². The second-order valence-electron chi connectivity index (χ2n) is 7.65. The van der Waals surface area contributed by atoms with Crippen molar-refractivity contribution in [2.24, 2.45) is 0 Å². The van der Waals surface area contributed by atoms with Crippen molar-refractivity contribution < 1.29 is 32.3 Å². The number of carbonyl (C=O) groups excluding carboxylic acids is 2. The van der Waals surface area contributed by atoms with Crippen LogP contribution in [0.1, 0.15) is 40.7 Å². The molecular formula is C24H22F2N2O5. The zero-order valence-corrected chi connectivity index (χ0v) is 17.9. The van der Waals surface area contributed by atoms with Gasteiger partial charge in [-0.05, 0) is 30.5 Å². The van der Waals surface area contributed by atoms with Gasteiger partial charge in [0, 0.05) is 25.1 Å². The summed E-state index contributed by atoms with van der Waals surface area (Å²) in [6.45, 7) is 1.01. The number of amides is 1. The van der Waals surface area contributed by atoms with Crippen molar-refractivity contribution >= 4 is 12.1 Å². The molecule has 0 bridgehead atoms. The van der Waals surface area contributed by atoms with E-state index in [1.54, 1.807) is 4.90 Å². The van der Waals surface area contributed by atoms with Crippen LogP contribution in [0.2, 0.25) is 0 Å². The fraction of sp³-hybridized carbons (Fsp3) is 0.292. The monoisotopic (exact) mass is 456 g/mol. The van der Waals surface area contributed by atoms with Gasteiger partial charge in [-0.1, -0.05) is 30.3 Å². The molecule has 1 aliphatic rings. The number of esters is 1. The van der Waals surface area contributed by atoms with Gasteiger partial charge in [-0.15, -0.1) is 0 Å². The Morgan fingerprint density at radius 2 is 1.85 bits per heavy atom. The molecule has 1 amide bonds. The van der Waals surface area contributed by atoms with Crippen LogP contribution < -0.4 is 0 Å². The minimum absolute atomic E-state index is 0.0857. The summed E-state index contributed by atoms with van der Waals surface area (Å²) in [6.07, 6.45) is 0.633. The lowest BCUT2D eigenvalue weighted by Gasteiger charge is -2.29. The quantitative estimate of drug-likeness (QED) is 0.507. The highest BCUT2D eigenvalue weighted by atomic mass is 19.1. The van der Waals surface area contributed by atoms with Crippen LogP contribution in [0.4, 0.5) is 13.6 Å². The molecule has 0 N–H and O–H groups in total. The number of hydrogen-bond acceptors (Lipinski definition) is 6. The lowest BCUT2D eigenvalue weighted by molar-refractivity contribution is 0.0595. The molecule has 1 aliphatic heterocycles. The number of aromatic nitrogens is 1. The molecule has 0 atom stereocenters. The highest BCUT2D eigenvalue weighted by Crippen LogP contribution is 2.34. The largest absolute Gasteiger partial charge is 0.464 e. The molecule has 1 aromatic heterocycles. The van der Waals surface area contributed by atoms with Gasteiger partial charge in [0.25, 0.3) is 0 Å². The first-order valence-electron chi connectivity index (χ1n) is 10.5. The summed E-state index contributed by atoms with van der Waals surface area (Å²) in [4.78, 5) is 30.4. The van der Waals surface area contributed by atoms with E-state index in [1.807, 2.05) is 30.3 Å². The summed E-state index contributed by atoms with van der Waals surface area (Å²) in [5.74, 6) is -2.47. The number of carbonyl (C=O) groups is 2. The maximum Gasteiger partial charge on any atom is 0.410 e. The van der Waals surface area contributed by atoms with E-state index in [4.69, 9.17) is 13.9 Å². The van der Waals surface area contributed by atoms with E-state index in [0.717, 1.165) is 11.6 Å². The molecule has 0 radical (unpaired) electrons. The minimum Gasteiger partial charge on any atom is -0.464 e. The number of rotatable bonds is 5. The van der Waals surface area contributed by atoms with Gasteiger partial charge in [0.15, 0.2) is 17.3 Å². The molecule has 4 rings (SSSR count). The molecule has 9 heteroatoms. The number of piperidine rings is 1. The van der Waals surface area contributed by atoms with Crippen LogP contribution in [-0.4, -0.2) is 42.1 Å². The summed E-state index contributed by atoms with van der Waals surface area (Å²) in [7, 11) is 1.18. The van der Waals surface area contributed by atoms with Crippen molar-refractivity contribution in [3.63, 3.8) is 0 Å². The average molecular weight is 456 g/mol. The third-order valence-corrected chi connectivity index (χ3v) is 5.51. The Bertz CT molecular complexity index is 1140. The van der Waals surface area contributed by atoms with Gasteiger partial charge < -0.3 is 18.8 Å². The smallest absolute Gasteiger partial charge is 0.410 e. The molecule has 172 valence electrons. The number of benzene rings is 2. The third kappa shape index (κ3) is 5.02. The molecule has 3 aromatic rings. The van der Waals surface area contributed by atoms with Crippen LogP contribution in [0.25, 0.3) is 11.3 Å². The Hall–Kier alpha value is -3.75. The first-order chi connectivity index (χ1) is 16.0. The zero-order chi connectivity index (χ0) is 23.4. The fourth-order valence-corrected chi connectivity index (χ4v) is 3.72. The number of ether oxygens (including phenoxy) is 2. The number of hydrogen-bond donors (Lipinski definition) is 0. The molecule has 2 aromatic carbocycles. The molecule has 1 saturated heterocycles. The Balaban J connectivity index is 1.45. The lowest BCUT2D eigenvalue weighted by atomic mass is 9.97. The lowest BCUT2D eigenvalue weighted by Crippen LogP contribution is -2.38. The molecule has 7 nitrogen and oxygen atoms in total. The van der Waals surface area contributed by atoms with Crippen molar-refractivity contribution in [3.05, 3.63) is 77.3 Å². The summed E-state index contributed by atoms with van der Waals surface area (Å²) in [6, 6.07) is 12.4. The number of oxazole rings is 1. The van der Waals surface area contributed by atoms with Crippen LogP contribution in [0.5, 0.6) is 0 Å². The van der Waals surface area contributed by atoms with Crippen LogP contribution in [-0.2, 0) is 16.1 Å². The molecule has 2 heterocycles. The second-order valence-corrected chi connectivity index (χ2v) is 7.65. The summed E-state index contributed by atoms with van der Waals surface area (Å²) in [5.41, 5.74) is 0.636. The highest BCUT2D eigenvalue weighted by Gasteiger charge is 2.31. The summed E-state index contributed by atoms with van der Waals surface area (Å²) in [5, 5.41) is 0. The van der Waals surface area contributed by atoms with E-state index in [2.05, 4.69) is 4.98 Å². The van der Waals surface area contributed by atoms with E-state index in [0.29, 0.717) is 32.0 Å². The first-order valence-corrected chi connectivity index (χ1v) is 10.5. The second kappa shape index (κ2) is 9.81. The molecule has 0 saturated carbocycles. The Kier molecular flexibility index (Phi) is 6.67. The van der Waals surface area contributed by atoms with Crippen molar-refractivity contribution in [1.82, 2.24) is 9.88 Å². The van der Waals surface area contributed by atoms with Gasteiger partial charge in [0.05, 0.1) is 12.7 Å². The van der Waals surface area contributed by atoms with E-state index in [9.17, 15) is 18.4 Å². The van der Waals surface area contributed by atoms with E-state index >= 15 is 0 Å². The fourth-order valence-electron chi connectivity index (χ4n) is 3.72. The maximum atomic E-state index is 14.3. The van der Waals surface area contributed by atoms with Gasteiger partial charge >= 0.3 is 12.1 Å². The number of halogens is 2. The van der Waals surface area contributed by atoms with Crippen molar-refractivity contribution in [2.75, 3.05) is 20.2 Å². The van der Waals surface area contributed by atoms with Crippen LogP contribution in [0.3, 0.4) is 0 Å². The maximum absolute atomic E-state index is 14.3. The van der Waals surface area contributed by atoms with Crippen LogP contribution in [0, 0.1) is 11.6 Å². The van der Waals surface area contributed by atoms with Gasteiger partial charge in [-0.2, -0.15) is 0 Å². The predicted molar refractivity (Wildman–Crippen MR) is 113 cm³/mol. The molecular weight excluding hydrogens is 434 g/mol. The normalized spacial score (nSPS) is 14.2. The SMILES string of the molecule is COC(=O)c1nc(C2CCN(C(=O)OCc3ccccc3)CC2)oc1-c1ccc(F)cc1F. The number of methoxy groups -OCH3 is 1. The van der Waals surface area contributed by atoms with Gasteiger partial charge in [0.2, 0.25) is 0 Å². The van der Waals surface area contributed by atoms with Gasteiger partial charge in [-0.3, -0.25) is 0 Å². The van der Waals surface area contributed by atoms with Crippen molar-refractivity contribution in [3.8, 4) is 11.3 Å². The van der Waals surface area contributed by atoms with Crippen molar-refractivity contribution in [2.45, 2.75) is 25.4 Å². The highest BCUT2D eigenvalue weighted by molar-refractivity contribution is 5.93. The van der Waals surface area contributed by atoms with Crippen molar-refractivity contribution in [1.29, 1.82) is 0 Å². The predicted octanol–water partition coefficient (Wildman–Crippen LogP) is 4.92. The van der Waals surface area contributed by atoms with E-state index < -0.39 is 23.7 Å². The van der Waals surface area contributed by atoms with Gasteiger partial charge in [0.1, 0.15) is 18.2 Å². The zero-order valence-electron chi connectivity index (χ0n) is 17.9. The van der Waals surface area contributed by atoms with Crippen LogP contribution >= 0.6 is 0 Å². The van der Waals surface area contributed by atoms with Gasteiger partial charge in [-0.25, -0.2) is 23.4 Å². The Morgan fingerprint density at radius 1 is 1.12 bits per heavy atom. The Morgan fingerprint density at radius 3 is 2.52 bits per heavy atom. The minimum atomic E-state index is -0.876. The third-order valence-electron chi connectivity index (χ3n) is 5.51. The van der Waals surface area contributed by atoms with E-state index in [-0.39, 0.29) is 35.4 Å². The van der Waals surface area contributed by atoms with Crippen LogP contribution in [0.15, 0.2) is 52.9 Å². The average Bonchev–Trinajstić information content (AvgIpc) is 3.28. The Labute approximate surface area is 188 Å². The number of likely N-dealkylation sites (tertiary alicyclic amines) is 1.